The van der Waals surface area contributed by atoms with Gasteiger partial charge in [-0.2, -0.15) is 4.98 Å². The molecule has 0 saturated carbocycles. The first kappa shape index (κ1) is 13.2. The Kier molecular flexibility index (Phi) is 3.30. The molecule has 1 aliphatic heterocycles. The molecule has 1 saturated heterocycles. The number of rotatable bonds is 3. The molecule has 1 aromatic carbocycles. The number of anilines is 2. The molecule has 0 atom stereocenters. The maximum absolute atomic E-state index is 5.75. The van der Waals surface area contributed by atoms with Gasteiger partial charge in [-0.05, 0) is 50.5 Å². The number of hydrogen-bond donors (Lipinski definition) is 2. The van der Waals surface area contributed by atoms with E-state index >= 15 is 0 Å². The summed E-state index contributed by atoms with van der Waals surface area (Å²) in [5.41, 5.74) is 8.33. The molecule has 0 radical (unpaired) electrons. The Morgan fingerprint density at radius 1 is 1.40 bits per heavy atom. The number of nitrogens with zero attached hydrogens (tertiary/aromatic N) is 2. The summed E-state index contributed by atoms with van der Waals surface area (Å²) in [4.78, 5) is 6.82. The minimum absolute atomic E-state index is 0.312. The molecule has 0 spiro atoms. The number of aromatic nitrogens is 1. The van der Waals surface area contributed by atoms with Crippen LogP contribution in [0.15, 0.2) is 22.6 Å². The van der Waals surface area contributed by atoms with Crippen molar-refractivity contribution in [1.82, 2.24) is 9.88 Å². The summed E-state index contributed by atoms with van der Waals surface area (Å²) in [7, 11) is 2.18. The van der Waals surface area contributed by atoms with Crippen LogP contribution in [0.4, 0.5) is 11.7 Å². The number of oxazole rings is 1. The van der Waals surface area contributed by atoms with E-state index in [-0.39, 0.29) is 0 Å². The van der Waals surface area contributed by atoms with Gasteiger partial charge in [0.1, 0.15) is 5.52 Å². The first-order valence-electron chi connectivity index (χ1n) is 7.13. The normalized spacial score (nSPS) is 19.3. The summed E-state index contributed by atoms with van der Waals surface area (Å²) in [6, 6.07) is 6.12. The Morgan fingerprint density at radius 2 is 2.15 bits per heavy atom. The highest BCUT2D eigenvalue weighted by Crippen LogP contribution is 2.31. The molecule has 0 unspecified atom stereocenters. The monoisotopic (exact) mass is 274 g/mol. The van der Waals surface area contributed by atoms with Gasteiger partial charge in [0, 0.05) is 18.3 Å². The van der Waals surface area contributed by atoms with Crippen LogP contribution in [0.3, 0.4) is 0 Å². The summed E-state index contributed by atoms with van der Waals surface area (Å²) in [6.07, 6.45) is 2.40. The molecule has 0 amide bonds. The van der Waals surface area contributed by atoms with Crippen molar-refractivity contribution in [3.05, 3.63) is 18.2 Å². The number of nitrogens with two attached hydrogens (primary N) is 1. The molecular formula is C15H22N4O. The minimum Gasteiger partial charge on any atom is -0.423 e. The van der Waals surface area contributed by atoms with Gasteiger partial charge in [0.25, 0.3) is 6.01 Å². The van der Waals surface area contributed by atoms with Crippen LogP contribution >= 0.6 is 0 Å². The van der Waals surface area contributed by atoms with E-state index in [0.717, 1.165) is 30.7 Å². The number of hydrogen-bond acceptors (Lipinski definition) is 5. The van der Waals surface area contributed by atoms with E-state index in [4.69, 9.17) is 10.2 Å². The highest BCUT2D eigenvalue weighted by Gasteiger charge is 2.29. The Morgan fingerprint density at radius 3 is 2.90 bits per heavy atom. The highest BCUT2D eigenvalue weighted by atomic mass is 16.4. The van der Waals surface area contributed by atoms with Crippen molar-refractivity contribution in [3.63, 3.8) is 0 Å². The van der Waals surface area contributed by atoms with Gasteiger partial charge in [-0.15, -0.1) is 0 Å². The molecule has 5 nitrogen and oxygen atoms in total. The number of benzene rings is 1. The second-order valence-corrected chi connectivity index (χ2v) is 6.21. The Balaban J connectivity index is 1.67. The number of likely N-dealkylation sites (tertiary alicyclic amines) is 1. The molecule has 3 N–H and O–H groups in total. The minimum atomic E-state index is 0.312. The molecule has 1 aliphatic rings. The quantitative estimate of drug-likeness (QED) is 0.842. The fourth-order valence-corrected chi connectivity index (χ4v) is 2.64. The van der Waals surface area contributed by atoms with E-state index in [9.17, 15) is 0 Å². The summed E-state index contributed by atoms with van der Waals surface area (Å²) >= 11 is 0. The number of nitrogen functional groups attached to an aromatic ring is 1. The molecule has 3 rings (SSSR count). The third-order valence-electron chi connectivity index (χ3n) is 4.27. The van der Waals surface area contributed by atoms with E-state index in [1.807, 2.05) is 18.2 Å². The predicted molar refractivity (Wildman–Crippen MR) is 81.7 cm³/mol. The van der Waals surface area contributed by atoms with Crippen LogP contribution < -0.4 is 11.1 Å². The van der Waals surface area contributed by atoms with Crippen LogP contribution in [0.25, 0.3) is 11.1 Å². The van der Waals surface area contributed by atoms with E-state index in [1.165, 1.54) is 12.8 Å². The third-order valence-corrected chi connectivity index (χ3v) is 4.27. The van der Waals surface area contributed by atoms with Gasteiger partial charge in [0.2, 0.25) is 0 Å². The van der Waals surface area contributed by atoms with Crippen molar-refractivity contribution in [2.45, 2.75) is 19.8 Å². The van der Waals surface area contributed by atoms with Crippen LogP contribution in [0.1, 0.15) is 19.8 Å². The van der Waals surface area contributed by atoms with Crippen molar-refractivity contribution in [3.8, 4) is 0 Å². The van der Waals surface area contributed by atoms with E-state index in [2.05, 4.69) is 29.2 Å². The van der Waals surface area contributed by atoms with Gasteiger partial charge in [0.15, 0.2) is 5.58 Å². The molecule has 1 fully saturated rings. The summed E-state index contributed by atoms with van der Waals surface area (Å²) < 4.78 is 5.69. The van der Waals surface area contributed by atoms with Crippen molar-refractivity contribution < 1.29 is 4.42 Å². The highest BCUT2D eigenvalue weighted by molar-refractivity contribution is 5.78. The van der Waals surface area contributed by atoms with Gasteiger partial charge in [-0.1, -0.05) is 6.92 Å². The van der Waals surface area contributed by atoms with Crippen LogP contribution in [0.5, 0.6) is 0 Å². The molecule has 2 aromatic rings. The van der Waals surface area contributed by atoms with Crippen molar-refractivity contribution in [2.75, 3.05) is 37.7 Å². The molecule has 2 heterocycles. The standard InChI is InChI=1S/C15H22N4O/c1-15(5-7-19(2)8-6-15)10-17-14-18-12-4-3-11(16)9-13(12)20-14/h3-4,9H,5-8,10,16H2,1-2H3,(H,17,18). The summed E-state index contributed by atoms with van der Waals surface area (Å²) in [6.45, 7) is 5.53. The zero-order valence-electron chi connectivity index (χ0n) is 12.1. The zero-order valence-corrected chi connectivity index (χ0v) is 12.1. The maximum Gasteiger partial charge on any atom is 0.295 e. The lowest BCUT2D eigenvalue weighted by Crippen LogP contribution is -2.40. The Bertz CT molecular complexity index is 599. The lowest BCUT2D eigenvalue weighted by Gasteiger charge is -2.37. The van der Waals surface area contributed by atoms with Gasteiger partial charge >= 0.3 is 0 Å². The Hall–Kier alpha value is -1.75. The SMILES string of the molecule is CN1CCC(C)(CNc2nc3ccc(N)cc3o2)CC1. The van der Waals surface area contributed by atoms with E-state index in [1.54, 1.807) is 0 Å². The average Bonchev–Trinajstić information content (AvgIpc) is 2.82. The predicted octanol–water partition coefficient (Wildman–Crippen LogP) is 2.55. The smallest absolute Gasteiger partial charge is 0.295 e. The lowest BCUT2D eigenvalue weighted by molar-refractivity contribution is 0.150. The van der Waals surface area contributed by atoms with Crippen molar-refractivity contribution in [2.24, 2.45) is 5.41 Å². The molecular weight excluding hydrogens is 252 g/mol. The van der Waals surface area contributed by atoms with Crippen molar-refractivity contribution in [1.29, 1.82) is 0 Å². The molecule has 0 aliphatic carbocycles. The molecule has 5 heteroatoms. The van der Waals surface area contributed by atoms with Gasteiger partial charge in [-0.3, -0.25) is 0 Å². The zero-order chi connectivity index (χ0) is 14.2. The summed E-state index contributed by atoms with van der Waals surface area (Å²) in [5, 5.41) is 3.34. The molecule has 1 aromatic heterocycles. The second-order valence-electron chi connectivity index (χ2n) is 6.21. The average molecular weight is 274 g/mol. The molecule has 0 bridgehead atoms. The summed E-state index contributed by atoms with van der Waals surface area (Å²) in [5.74, 6) is 0. The van der Waals surface area contributed by atoms with Crippen molar-refractivity contribution >= 4 is 22.8 Å². The fraction of sp³-hybridized carbons (Fsp3) is 0.533. The van der Waals surface area contributed by atoms with E-state index in [0.29, 0.717) is 17.1 Å². The second kappa shape index (κ2) is 4.98. The topological polar surface area (TPSA) is 67.3 Å². The van der Waals surface area contributed by atoms with Crippen LogP contribution in [-0.2, 0) is 0 Å². The van der Waals surface area contributed by atoms with Crippen LogP contribution in [-0.4, -0.2) is 36.6 Å². The van der Waals surface area contributed by atoms with E-state index < -0.39 is 0 Å². The molecule has 108 valence electrons. The largest absolute Gasteiger partial charge is 0.423 e. The van der Waals surface area contributed by atoms with Gasteiger partial charge in [-0.25, -0.2) is 0 Å². The van der Waals surface area contributed by atoms with Crippen LogP contribution in [0, 0.1) is 5.41 Å². The Labute approximate surface area is 119 Å². The number of fused-ring (bicyclic) bond motifs is 1. The number of nitrogens with one attached hydrogen (secondary N) is 1. The van der Waals surface area contributed by atoms with Gasteiger partial charge < -0.3 is 20.4 Å². The van der Waals surface area contributed by atoms with Crippen LogP contribution in [0.2, 0.25) is 0 Å². The fourth-order valence-electron chi connectivity index (χ4n) is 2.64. The third kappa shape index (κ3) is 2.72. The first-order valence-corrected chi connectivity index (χ1v) is 7.13. The maximum atomic E-state index is 5.75. The lowest BCUT2D eigenvalue weighted by atomic mass is 9.80. The first-order chi connectivity index (χ1) is 9.54. The van der Waals surface area contributed by atoms with Gasteiger partial charge in [0.05, 0.1) is 0 Å². The number of piperidine rings is 1. The molecule has 20 heavy (non-hydrogen) atoms.